The molecule has 3 aliphatic carbocycles. The standard InChI is InChI=1S/C31H26BrN3O5/c1-30(39-14-15-40-30)16-24(36)34-33-17-31-22-8-4-2-6-20(22)25(21-7-3-5-9-23(21)31)26-27(31)29(38)35(28(26)37)19-12-10-18(32)11-13-19/h2-13,17,25-27H,14-16H2,1H3,(H,34,36)/b33-17-/t25?,26-,27+,31?/m1/s1. The molecular weight excluding hydrogens is 574 g/mol. The van der Waals surface area contributed by atoms with Crippen LogP contribution < -0.4 is 10.3 Å². The van der Waals surface area contributed by atoms with Gasteiger partial charge in [0, 0.05) is 16.6 Å². The number of carbonyl (C=O) groups excluding carboxylic acids is 3. The number of benzene rings is 3. The van der Waals surface area contributed by atoms with Gasteiger partial charge in [-0.3, -0.25) is 14.4 Å². The maximum absolute atomic E-state index is 14.3. The van der Waals surface area contributed by atoms with Crippen molar-refractivity contribution in [1.82, 2.24) is 5.43 Å². The third-order valence-electron chi connectivity index (χ3n) is 8.61. The summed E-state index contributed by atoms with van der Waals surface area (Å²) in [5.41, 5.74) is 5.95. The molecule has 8 nitrogen and oxygen atoms in total. The van der Waals surface area contributed by atoms with E-state index in [2.05, 4.69) is 26.5 Å². The maximum atomic E-state index is 14.3. The summed E-state index contributed by atoms with van der Waals surface area (Å²) in [6.45, 7) is 2.58. The molecule has 9 heteroatoms. The van der Waals surface area contributed by atoms with Crippen LogP contribution in [0.15, 0.2) is 82.4 Å². The summed E-state index contributed by atoms with van der Waals surface area (Å²) in [7, 11) is 0. The van der Waals surface area contributed by atoms with Gasteiger partial charge < -0.3 is 9.47 Å². The number of ether oxygens (including phenoxy) is 2. The summed E-state index contributed by atoms with van der Waals surface area (Å²) >= 11 is 3.44. The number of hydrazone groups is 1. The second-order valence-corrected chi connectivity index (χ2v) is 11.7. The highest BCUT2D eigenvalue weighted by Crippen LogP contribution is 2.63. The Morgan fingerprint density at radius 3 is 2.20 bits per heavy atom. The van der Waals surface area contributed by atoms with Crippen LogP contribution in [0.3, 0.4) is 0 Å². The van der Waals surface area contributed by atoms with Crippen molar-refractivity contribution in [2.24, 2.45) is 16.9 Å². The first-order chi connectivity index (χ1) is 19.3. The van der Waals surface area contributed by atoms with Gasteiger partial charge in [0.15, 0.2) is 5.79 Å². The quantitative estimate of drug-likeness (QED) is 0.268. The number of rotatable bonds is 5. The summed E-state index contributed by atoms with van der Waals surface area (Å²) in [4.78, 5) is 42.6. The predicted octanol–water partition coefficient (Wildman–Crippen LogP) is 4.26. The summed E-state index contributed by atoms with van der Waals surface area (Å²) < 4.78 is 12.0. The minimum Gasteiger partial charge on any atom is -0.347 e. The van der Waals surface area contributed by atoms with Crippen LogP contribution in [0.25, 0.3) is 0 Å². The van der Waals surface area contributed by atoms with Gasteiger partial charge >= 0.3 is 0 Å². The van der Waals surface area contributed by atoms with E-state index in [-0.39, 0.29) is 30.1 Å². The molecule has 2 aliphatic heterocycles. The number of nitrogens with one attached hydrogen (secondary N) is 1. The molecule has 3 aromatic carbocycles. The van der Waals surface area contributed by atoms with Gasteiger partial charge in [-0.2, -0.15) is 5.10 Å². The van der Waals surface area contributed by atoms with Gasteiger partial charge in [-0.1, -0.05) is 64.5 Å². The van der Waals surface area contributed by atoms with Crippen LogP contribution in [0.2, 0.25) is 0 Å². The Kier molecular flexibility index (Phi) is 5.82. The number of hydrogen-bond donors (Lipinski definition) is 1. The average molecular weight is 600 g/mol. The number of nitrogens with zero attached hydrogens (tertiary/aromatic N) is 2. The minimum absolute atomic E-state index is 0.0204. The van der Waals surface area contributed by atoms with E-state index in [1.807, 2.05) is 60.7 Å². The van der Waals surface area contributed by atoms with Gasteiger partial charge in [0.25, 0.3) is 0 Å². The van der Waals surface area contributed by atoms with E-state index >= 15 is 0 Å². The predicted molar refractivity (Wildman–Crippen MR) is 151 cm³/mol. The molecule has 0 aromatic heterocycles. The number of amides is 3. The van der Waals surface area contributed by atoms with Crippen molar-refractivity contribution in [3.05, 3.63) is 99.5 Å². The highest BCUT2D eigenvalue weighted by atomic mass is 79.9. The van der Waals surface area contributed by atoms with Crippen molar-refractivity contribution < 1.29 is 23.9 Å². The number of carbonyl (C=O) groups is 3. The number of halogens is 1. The molecule has 8 rings (SSSR count). The van der Waals surface area contributed by atoms with Crippen molar-refractivity contribution in [2.75, 3.05) is 18.1 Å². The Balaban J connectivity index is 1.35. The summed E-state index contributed by atoms with van der Waals surface area (Å²) in [5.74, 6) is -3.47. The van der Waals surface area contributed by atoms with E-state index in [4.69, 9.17) is 9.47 Å². The molecule has 0 saturated carbocycles. The first-order valence-electron chi connectivity index (χ1n) is 13.3. The molecule has 5 aliphatic rings. The molecule has 0 unspecified atom stereocenters. The minimum atomic E-state index is -1.05. The van der Waals surface area contributed by atoms with E-state index in [0.29, 0.717) is 18.9 Å². The summed E-state index contributed by atoms with van der Waals surface area (Å²) in [6, 6.07) is 23.0. The van der Waals surface area contributed by atoms with Gasteiger partial charge in [-0.15, -0.1) is 0 Å². The molecule has 2 bridgehead atoms. The smallest absolute Gasteiger partial charge is 0.245 e. The molecule has 2 fully saturated rings. The van der Waals surface area contributed by atoms with Crippen LogP contribution >= 0.6 is 15.9 Å². The van der Waals surface area contributed by atoms with Crippen LogP contribution in [-0.2, 0) is 29.3 Å². The Morgan fingerprint density at radius 2 is 1.57 bits per heavy atom. The van der Waals surface area contributed by atoms with Crippen molar-refractivity contribution in [1.29, 1.82) is 0 Å². The fourth-order valence-corrected chi connectivity index (χ4v) is 7.35. The zero-order chi connectivity index (χ0) is 27.6. The van der Waals surface area contributed by atoms with E-state index < -0.39 is 23.0 Å². The zero-order valence-electron chi connectivity index (χ0n) is 21.7. The van der Waals surface area contributed by atoms with Gasteiger partial charge in [0.1, 0.15) is 0 Å². The molecule has 3 aromatic rings. The zero-order valence-corrected chi connectivity index (χ0v) is 23.3. The average Bonchev–Trinajstić information content (AvgIpc) is 3.50. The van der Waals surface area contributed by atoms with Gasteiger partial charge in [0.05, 0.1) is 42.6 Å². The Morgan fingerprint density at radius 1 is 0.975 bits per heavy atom. The lowest BCUT2D eigenvalue weighted by molar-refractivity contribution is -0.159. The molecule has 40 heavy (non-hydrogen) atoms. The maximum Gasteiger partial charge on any atom is 0.245 e. The molecule has 3 amide bonds. The normalized spacial score (nSPS) is 27.6. The summed E-state index contributed by atoms with van der Waals surface area (Å²) in [6.07, 6.45) is 1.64. The number of imide groups is 1. The molecular formula is C31H26BrN3O5. The molecule has 2 heterocycles. The van der Waals surface area contributed by atoms with E-state index in [9.17, 15) is 14.4 Å². The van der Waals surface area contributed by atoms with Crippen molar-refractivity contribution in [3.8, 4) is 0 Å². The lowest BCUT2D eigenvalue weighted by atomic mass is 9.47. The van der Waals surface area contributed by atoms with Crippen molar-refractivity contribution in [2.45, 2.75) is 30.5 Å². The highest BCUT2D eigenvalue weighted by Gasteiger charge is 2.68. The molecule has 2 atom stereocenters. The van der Waals surface area contributed by atoms with Crippen LogP contribution in [0.5, 0.6) is 0 Å². The summed E-state index contributed by atoms with van der Waals surface area (Å²) in [5, 5.41) is 4.44. The van der Waals surface area contributed by atoms with Crippen LogP contribution in [0.4, 0.5) is 5.69 Å². The van der Waals surface area contributed by atoms with Gasteiger partial charge in [0.2, 0.25) is 17.7 Å². The third kappa shape index (κ3) is 3.57. The first-order valence-corrected chi connectivity index (χ1v) is 14.1. The number of hydrogen-bond acceptors (Lipinski definition) is 6. The highest BCUT2D eigenvalue weighted by molar-refractivity contribution is 9.10. The second-order valence-electron chi connectivity index (χ2n) is 10.8. The number of anilines is 1. The topological polar surface area (TPSA) is 97.3 Å². The van der Waals surface area contributed by atoms with Gasteiger partial charge in [-0.25, -0.2) is 10.3 Å². The SMILES string of the molecule is CC1(CC(=O)N/N=C\C23c4ccccc4C(c4ccccc42)[C@H]2C(=O)N(c4ccc(Br)cc4)C(=O)[C@H]23)OCCO1. The van der Waals surface area contributed by atoms with E-state index in [0.717, 1.165) is 26.7 Å². The van der Waals surface area contributed by atoms with Crippen LogP contribution in [0.1, 0.15) is 41.5 Å². The lowest BCUT2D eigenvalue weighted by Crippen LogP contribution is -2.54. The van der Waals surface area contributed by atoms with E-state index in [1.54, 1.807) is 25.3 Å². The third-order valence-corrected chi connectivity index (χ3v) is 9.13. The monoisotopic (exact) mass is 599 g/mol. The molecule has 0 spiro atoms. The molecule has 2 saturated heterocycles. The fraction of sp³-hybridized carbons (Fsp3) is 0.290. The molecule has 1 N–H and O–H groups in total. The lowest BCUT2D eigenvalue weighted by Gasteiger charge is -2.52. The van der Waals surface area contributed by atoms with Gasteiger partial charge in [-0.05, 0) is 53.4 Å². The fourth-order valence-electron chi connectivity index (χ4n) is 7.09. The van der Waals surface area contributed by atoms with E-state index in [1.165, 1.54) is 4.90 Å². The van der Waals surface area contributed by atoms with Crippen molar-refractivity contribution in [3.63, 3.8) is 0 Å². The first kappa shape index (κ1) is 25.3. The molecule has 202 valence electrons. The Labute approximate surface area is 239 Å². The van der Waals surface area contributed by atoms with Crippen LogP contribution in [0, 0.1) is 11.8 Å². The Hall–Kier alpha value is -3.66. The van der Waals surface area contributed by atoms with Crippen molar-refractivity contribution >= 4 is 45.6 Å². The second kappa shape index (κ2) is 9.19. The largest absolute Gasteiger partial charge is 0.347 e. The van der Waals surface area contributed by atoms with Crippen LogP contribution in [-0.4, -0.2) is 42.9 Å². The Bertz CT molecular complexity index is 1530. The molecule has 0 radical (unpaired) electrons.